The van der Waals surface area contributed by atoms with Crippen LogP contribution >= 0.6 is 0 Å². The number of hydrogen-bond acceptors (Lipinski definition) is 2. The Morgan fingerprint density at radius 1 is 1.33 bits per heavy atom. The molecule has 0 aromatic rings. The van der Waals surface area contributed by atoms with Crippen LogP contribution in [-0.4, -0.2) is 56.1 Å². The van der Waals surface area contributed by atoms with Crippen molar-refractivity contribution in [2.45, 2.75) is 26.1 Å². The fraction of sp³-hybridized carbons (Fsp3) is 1.00. The summed E-state index contributed by atoms with van der Waals surface area (Å²) in [6.45, 7) is 5.23. The summed E-state index contributed by atoms with van der Waals surface area (Å²) in [5.41, 5.74) is 0. The van der Waals surface area contributed by atoms with Crippen LogP contribution in [0.15, 0.2) is 0 Å². The van der Waals surface area contributed by atoms with E-state index in [0.717, 1.165) is 11.0 Å². The minimum atomic E-state index is -0.370. The van der Waals surface area contributed by atoms with Gasteiger partial charge in [-0.2, -0.15) is 0 Å². The number of quaternary nitrogens is 1. The first-order valence-corrected chi connectivity index (χ1v) is 4.47. The molecule has 2 atom stereocenters. The van der Waals surface area contributed by atoms with E-state index in [9.17, 15) is 5.11 Å². The molecule has 0 saturated carbocycles. The highest BCUT2D eigenvalue weighted by Gasteiger charge is 2.21. The van der Waals surface area contributed by atoms with Crippen LogP contribution in [0.5, 0.6) is 0 Å². The van der Waals surface area contributed by atoms with Crippen molar-refractivity contribution in [1.82, 2.24) is 0 Å². The molecule has 0 aliphatic carbocycles. The average molecular weight is 176 g/mol. The molecule has 1 N–H and O–H groups in total. The molecular formula is C9H22NO2+. The third kappa shape index (κ3) is 5.52. The molecule has 0 amide bonds. The predicted octanol–water partition coefficient (Wildman–Crippen LogP) is 0.478. The van der Waals surface area contributed by atoms with Gasteiger partial charge in [0.25, 0.3) is 0 Å². The standard InChI is InChI=1S/C9H22NO2/c1-6-12-8(2)9(11)7-10(3,4)5/h8-9,11H,6-7H2,1-5H3/q+1. The first kappa shape index (κ1) is 11.9. The lowest BCUT2D eigenvalue weighted by atomic mass is 10.2. The number of aliphatic hydroxyl groups is 1. The molecule has 0 rings (SSSR count). The summed E-state index contributed by atoms with van der Waals surface area (Å²) < 4.78 is 6.05. The Kier molecular flexibility index (Phi) is 4.75. The van der Waals surface area contributed by atoms with Crippen LogP contribution in [0.4, 0.5) is 0 Å². The van der Waals surface area contributed by atoms with Crippen molar-refractivity contribution in [2.75, 3.05) is 34.3 Å². The van der Waals surface area contributed by atoms with Crippen LogP contribution in [0.25, 0.3) is 0 Å². The van der Waals surface area contributed by atoms with Gasteiger partial charge in [0.05, 0.1) is 27.2 Å². The normalized spacial score (nSPS) is 17.5. The topological polar surface area (TPSA) is 29.5 Å². The minimum absolute atomic E-state index is 0.0626. The maximum absolute atomic E-state index is 9.64. The largest absolute Gasteiger partial charge is 0.385 e. The Balaban J connectivity index is 3.78. The zero-order valence-corrected chi connectivity index (χ0v) is 8.87. The average Bonchev–Trinajstić information content (AvgIpc) is 1.84. The third-order valence-corrected chi connectivity index (χ3v) is 1.71. The zero-order valence-electron chi connectivity index (χ0n) is 8.87. The number of rotatable bonds is 5. The van der Waals surface area contributed by atoms with E-state index in [4.69, 9.17) is 4.74 Å². The summed E-state index contributed by atoms with van der Waals surface area (Å²) in [6.07, 6.45) is -0.433. The molecule has 0 fully saturated rings. The Morgan fingerprint density at radius 3 is 2.17 bits per heavy atom. The second-order valence-electron chi connectivity index (χ2n) is 4.20. The van der Waals surface area contributed by atoms with Crippen molar-refractivity contribution in [3.8, 4) is 0 Å². The highest BCUT2D eigenvalue weighted by molar-refractivity contribution is 4.62. The molecule has 0 saturated heterocycles. The van der Waals surface area contributed by atoms with Gasteiger partial charge in [-0.25, -0.2) is 0 Å². The number of aliphatic hydroxyl groups excluding tert-OH is 1. The minimum Gasteiger partial charge on any atom is -0.385 e. The Hall–Kier alpha value is -0.120. The molecule has 74 valence electrons. The Bertz CT molecular complexity index is 120. The quantitative estimate of drug-likeness (QED) is 0.617. The van der Waals surface area contributed by atoms with Crippen LogP contribution in [0.3, 0.4) is 0 Å². The van der Waals surface area contributed by atoms with Crippen molar-refractivity contribution in [2.24, 2.45) is 0 Å². The van der Waals surface area contributed by atoms with Crippen LogP contribution < -0.4 is 0 Å². The maximum atomic E-state index is 9.64. The molecule has 2 unspecified atom stereocenters. The van der Waals surface area contributed by atoms with E-state index in [1.165, 1.54) is 0 Å². The zero-order chi connectivity index (χ0) is 9.78. The van der Waals surface area contributed by atoms with Gasteiger partial charge in [0, 0.05) is 6.61 Å². The summed E-state index contributed by atoms with van der Waals surface area (Å²) in [5, 5.41) is 9.64. The lowest BCUT2D eigenvalue weighted by Crippen LogP contribution is -2.45. The molecule has 3 heteroatoms. The van der Waals surface area contributed by atoms with Gasteiger partial charge >= 0.3 is 0 Å². The highest BCUT2D eigenvalue weighted by atomic mass is 16.5. The fourth-order valence-corrected chi connectivity index (χ4v) is 1.08. The molecule has 0 aliphatic heterocycles. The van der Waals surface area contributed by atoms with Crippen LogP contribution in [-0.2, 0) is 4.74 Å². The molecule has 0 bridgehead atoms. The molecule has 0 radical (unpaired) electrons. The second-order valence-corrected chi connectivity index (χ2v) is 4.20. The molecule has 12 heavy (non-hydrogen) atoms. The predicted molar refractivity (Wildman–Crippen MR) is 50.0 cm³/mol. The molecule has 0 aromatic carbocycles. The van der Waals surface area contributed by atoms with Gasteiger partial charge in [-0.3, -0.25) is 0 Å². The smallest absolute Gasteiger partial charge is 0.129 e. The van der Waals surface area contributed by atoms with Crippen LogP contribution in [0, 0.1) is 0 Å². The van der Waals surface area contributed by atoms with Crippen molar-refractivity contribution in [3.63, 3.8) is 0 Å². The summed E-state index contributed by atoms with van der Waals surface area (Å²) in [6, 6.07) is 0. The van der Waals surface area contributed by atoms with E-state index >= 15 is 0 Å². The molecule has 0 aromatic heterocycles. The SMILES string of the molecule is CCOC(C)C(O)C[N+](C)(C)C. The van der Waals surface area contributed by atoms with Crippen LogP contribution in [0.2, 0.25) is 0 Å². The number of ether oxygens (including phenoxy) is 1. The van der Waals surface area contributed by atoms with Gasteiger partial charge < -0.3 is 14.3 Å². The van der Waals surface area contributed by atoms with Crippen LogP contribution in [0.1, 0.15) is 13.8 Å². The van der Waals surface area contributed by atoms with Gasteiger partial charge in [-0.15, -0.1) is 0 Å². The van der Waals surface area contributed by atoms with E-state index in [2.05, 4.69) is 21.1 Å². The lowest BCUT2D eigenvalue weighted by Gasteiger charge is -2.29. The van der Waals surface area contributed by atoms with Gasteiger partial charge in [-0.1, -0.05) is 0 Å². The Morgan fingerprint density at radius 2 is 1.83 bits per heavy atom. The lowest BCUT2D eigenvalue weighted by molar-refractivity contribution is -0.874. The van der Waals surface area contributed by atoms with Gasteiger partial charge in [-0.05, 0) is 13.8 Å². The maximum Gasteiger partial charge on any atom is 0.129 e. The summed E-state index contributed by atoms with van der Waals surface area (Å²) >= 11 is 0. The molecule has 0 spiro atoms. The molecule has 0 heterocycles. The number of likely N-dealkylation sites (N-methyl/N-ethyl adjacent to an activating group) is 1. The number of nitrogens with zero attached hydrogens (tertiary/aromatic N) is 1. The number of hydrogen-bond donors (Lipinski definition) is 1. The third-order valence-electron chi connectivity index (χ3n) is 1.71. The van der Waals surface area contributed by atoms with Crippen molar-refractivity contribution < 1.29 is 14.3 Å². The first-order chi connectivity index (χ1) is 5.37. The van der Waals surface area contributed by atoms with E-state index in [0.29, 0.717) is 6.61 Å². The Labute approximate surface area is 75.5 Å². The van der Waals surface area contributed by atoms with Crippen molar-refractivity contribution in [1.29, 1.82) is 0 Å². The van der Waals surface area contributed by atoms with Crippen molar-refractivity contribution in [3.05, 3.63) is 0 Å². The van der Waals surface area contributed by atoms with Gasteiger partial charge in [0.1, 0.15) is 12.6 Å². The molecule has 3 nitrogen and oxygen atoms in total. The van der Waals surface area contributed by atoms with E-state index in [-0.39, 0.29) is 12.2 Å². The first-order valence-electron chi connectivity index (χ1n) is 4.47. The monoisotopic (exact) mass is 176 g/mol. The second kappa shape index (κ2) is 4.80. The molecular weight excluding hydrogens is 154 g/mol. The fourth-order valence-electron chi connectivity index (χ4n) is 1.08. The van der Waals surface area contributed by atoms with Crippen molar-refractivity contribution >= 4 is 0 Å². The highest BCUT2D eigenvalue weighted by Crippen LogP contribution is 2.03. The summed E-state index contributed by atoms with van der Waals surface area (Å²) in [4.78, 5) is 0. The van der Waals surface area contributed by atoms with E-state index < -0.39 is 0 Å². The van der Waals surface area contributed by atoms with E-state index in [1.54, 1.807) is 0 Å². The van der Waals surface area contributed by atoms with Gasteiger partial charge in [0.15, 0.2) is 0 Å². The van der Waals surface area contributed by atoms with Gasteiger partial charge in [0.2, 0.25) is 0 Å². The molecule has 0 aliphatic rings. The summed E-state index contributed by atoms with van der Waals surface area (Å²) in [7, 11) is 6.17. The summed E-state index contributed by atoms with van der Waals surface area (Å²) in [5.74, 6) is 0. The van der Waals surface area contributed by atoms with E-state index in [1.807, 2.05) is 13.8 Å².